The molecule has 96 valence electrons. The van der Waals surface area contributed by atoms with E-state index in [4.69, 9.17) is 0 Å². The van der Waals surface area contributed by atoms with E-state index in [1.807, 2.05) is 4.90 Å². The number of hydrogen-bond acceptors (Lipinski definition) is 2. The number of nitrogens with one attached hydrogen (secondary N) is 1. The highest BCUT2D eigenvalue weighted by molar-refractivity contribution is 5.76. The summed E-state index contributed by atoms with van der Waals surface area (Å²) in [6.45, 7) is 12.0. The average molecular weight is 228 g/mol. The van der Waals surface area contributed by atoms with Gasteiger partial charge in [0.15, 0.2) is 0 Å². The van der Waals surface area contributed by atoms with Crippen LogP contribution in [0, 0.1) is 5.92 Å². The molecule has 0 unspecified atom stereocenters. The highest BCUT2D eigenvalue weighted by Gasteiger charge is 2.14. The van der Waals surface area contributed by atoms with Crippen molar-refractivity contribution in [2.24, 2.45) is 5.92 Å². The third kappa shape index (κ3) is 6.11. The van der Waals surface area contributed by atoms with E-state index in [-0.39, 0.29) is 5.91 Å². The summed E-state index contributed by atoms with van der Waals surface area (Å²) in [6.07, 6.45) is 2.95. The van der Waals surface area contributed by atoms with Gasteiger partial charge in [0, 0.05) is 26.1 Å². The van der Waals surface area contributed by atoms with Crippen molar-refractivity contribution in [3.63, 3.8) is 0 Å². The van der Waals surface area contributed by atoms with Crippen molar-refractivity contribution < 1.29 is 4.79 Å². The number of amides is 1. The zero-order valence-corrected chi connectivity index (χ0v) is 11.4. The molecule has 0 rings (SSSR count). The Kier molecular flexibility index (Phi) is 9.30. The lowest BCUT2D eigenvalue weighted by molar-refractivity contribution is -0.131. The predicted octanol–water partition coefficient (Wildman–Crippen LogP) is 2.27. The average Bonchev–Trinajstić information content (AvgIpc) is 2.31. The fraction of sp³-hybridized carbons (Fsp3) is 0.923. The van der Waals surface area contributed by atoms with Crippen LogP contribution in [-0.2, 0) is 4.79 Å². The molecule has 0 aliphatic rings. The van der Waals surface area contributed by atoms with Crippen molar-refractivity contribution in [3.8, 4) is 0 Å². The molecule has 0 aliphatic carbocycles. The standard InChI is InChI=1S/C13H28N2O/c1-5-12(6-2)11-15(8-4)13(16)9-10-14-7-3/h12,14H,5-11H2,1-4H3. The van der Waals surface area contributed by atoms with Crippen LogP contribution in [0.15, 0.2) is 0 Å². The Labute approximate surface area is 101 Å². The van der Waals surface area contributed by atoms with Gasteiger partial charge in [-0.25, -0.2) is 0 Å². The van der Waals surface area contributed by atoms with Crippen LogP contribution in [0.3, 0.4) is 0 Å². The lowest BCUT2D eigenvalue weighted by Crippen LogP contribution is -2.36. The van der Waals surface area contributed by atoms with Crippen molar-refractivity contribution in [1.82, 2.24) is 10.2 Å². The highest BCUT2D eigenvalue weighted by Crippen LogP contribution is 2.10. The molecular formula is C13H28N2O. The lowest BCUT2D eigenvalue weighted by atomic mass is 10.0. The molecule has 0 radical (unpaired) electrons. The van der Waals surface area contributed by atoms with Gasteiger partial charge >= 0.3 is 0 Å². The van der Waals surface area contributed by atoms with Crippen LogP contribution in [0.2, 0.25) is 0 Å². The first-order valence-electron chi connectivity index (χ1n) is 6.67. The molecule has 0 saturated carbocycles. The Morgan fingerprint density at radius 1 is 1.19 bits per heavy atom. The van der Waals surface area contributed by atoms with E-state index in [9.17, 15) is 4.79 Å². The first-order valence-corrected chi connectivity index (χ1v) is 6.67. The van der Waals surface area contributed by atoms with Crippen molar-refractivity contribution in [2.45, 2.75) is 47.0 Å². The second kappa shape index (κ2) is 9.64. The van der Waals surface area contributed by atoms with Crippen molar-refractivity contribution in [2.75, 3.05) is 26.2 Å². The van der Waals surface area contributed by atoms with Crippen molar-refractivity contribution >= 4 is 5.91 Å². The molecule has 0 heterocycles. The van der Waals surface area contributed by atoms with Crippen LogP contribution in [0.1, 0.15) is 47.0 Å². The maximum atomic E-state index is 11.9. The van der Waals surface area contributed by atoms with E-state index in [0.717, 1.165) is 39.0 Å². The second-order valence-corrected chi connectivity index (χ2v) is 4.22. The van der Waals surface area contributed by atoms with Crippen molar-refractivity contribution in [1.29, 1.82) is 0 Å². The summed E-state index contributed by atoms with van der Waals surface area (Å²) in [4.78, 5) is 13.9. The maximum absolute atomic E-state index is 11.9. The van der Waals surface area contributed by atoms with Crippen LogP contribution in [0.4, 0.5) is 0 Å². The van der Waals surface area contributed by atoms with Crippen LogP contribution in [-0.4, -0.2) is 37.0 Å². The van der Waals surface area contributed by atoms with E-state index in [2.05, 4.69) is 33.0 Å². The molecular weight excluding hydrogens is 200 g/mol. The lowest BCUT2D eigenvalue weighted by Gasteiger charge is -2.25. The fourth-order valence-corrected chi connectivity index (χ4v) is 1.80. The monoisotopic (exact) mass is 228 g/mol. The Bertz CT molecular complexity index is 179. The minimum absolute atomic E-state index is 0.287. The Morgan fingerprint density at radius 3 is 2.25 bits per heavy atom. The van der Waals surface area contributed by atoms with Gasteiger partial charge in [0.1, 0.15) is 0 Å². The summed E-state index contributed by atoms with van der Waals surface area (Å²) < 4.78 is 0. The molecule has 0 aromatic carbocycles. The smallest absolute Gasteiger partial charge is 0.223 e. The fourth-order valence-electron chi connectivity index (χ4n) is 1.80. The number of carbonyl (C=O) groups excluding carboxylic acids is 1. The van der Waals surface area contributed by atoms with E-state index >= 15 is 0 Å². The molecule has 0 bridgehead atoms. The minimum atomic E-state index is 0.287. The summed E-state index contributed by atoms with van der Waals surface area (Å²) in [5, 5.41) is 3.19. The van der Waals surface area contributed by atoms with Gasteiger partial charge in [0.05, 0.1) is 0 Å². The highest BCUT2D eigenvalue weighted by atomic mass is 16.2. The van der Waals surface area contributed by atoms with Gasteiger partial charge in [-0.15, -0.1) is 0 Å². The zero-order valence-electron chi connectivity index (χ0n) is 11.4. The quantitative estimate of drug-likeness (QED) is 0.614. The Morgan fingerprint density at radius 2 is 1.81 bits per heavy atom. The van der Waals surface area contributed by atoms with E-state index in [0.29, 0.717) is 12.3 Å². The molecule has 0 atom stereocenters. The molecule has 1 amide bonds. The molecule has 16 heavy (non-hydrogen) atoms. The summed E-state index contributed by atoms with van der Waals surface area (Å²) in [7, 11) is 0. The molecule has 0 aromatic heterocycles. The van der Waals surface area contributed by atoms with E-state index < -0.39 is 0 Å². The first kappa shape index (κ1) is 15.4. The van der Waals surface area contributed by atoms with Gasteiger partial charge in [-0.2, -0.15) is 0 Å². The van der Waals surface area contributed by atoms with Gasteiger partial charge in [0.25, 0.3) is 0 Å². The van der Waals surface area contributed by atoms with Gasteiger partial charge in [-0.05, 0) is 19.4 Å². The third-order valence-electron chi connectivity index (χ3n) is 3.13. The molecule has 3 heteroatoms. The molecule has 0 fully saturated rings. The first-order chi connectivity index (χ1) is 7.69. The third-order valence-corrected chi connectivity index (χ3v) is 3.13. The molecule has 0 spiro atoms. The molecule has 0 aromatic rings. The van der Waals surface area contributed by atoms with Crippen LogP contribution >= 0.6 is 0 Å². The topological polar surface area (TPSA) is 32.3 Å². The van der Waals surface area contributed by atoms with E-state index in [1.54, 1.807) is 0 Å². The van der Waals surface area contributed by atoms with Gasteiger partial charge in [-0.1, -0.05) is 33.6 Å². The predicted molar refractivity (Wildman–Crippen MR) is 69.5 cm³/mol. The van der Waals surface area contributed by atoms with Crippen LogP contribution in [0.5, 0.6) is 0 Å². The normalized spacial score (nSPS) is 10.8. The van der Waals surface area contributed by atoms with Gasteiger partial charge in [-0.3, -0.25) is 4.79 Å². The van der Waals surface area contributed by atoms with Crippen molar-refractivity contribution in [3.05, 3.63) is 0 Å². The zero-order chi connectivity index (χ0) is 12.4. The summed E-state index contributed by atoms with van der Waals surface area (Å²) >= 11 is 0. The number of carbonyl (C=O) groups is 1. The molecule has 0 aliphatic heterocycles. The Hall–Kier alpha value is -0.570. The second-order valence-electron chi connectivity index (χ2n) is 4.22. The number of hydrogen-bond donors (Lipinski definition) is 1. The SMILES string of the molecule is CCNCCC(=O)N(CC)CC(CC)CC. The number of nitrogens with zero attached hydrogens (tertiary/aromatic N) is 1. The summed E-state index contributed by atoms with van der Waals surface area (Å²) in [5.74, 6) is 0.943. The van der Waals surface area contributed by atoms with Gasteiger partial charge in [0.2, 0.25) is 5.91 Å². The minimum Gasteiger partial charge on any atom is -0.343 e. The molecule has 3 nitrogen and oxygen atoms in total. The van der Waals surface area contributed by atoms with E-state index in [1.165, 1.54) is 0 Å². The van der Waals surface area contributed by atoms with Crippen LogP contribution in [0.25, 0.3) is 0 Å². The maximum Gasteiger partial charge on any atom is 0.223 e. The Balaban J connectivity index is 4.00. The van der Waals surface area contributed by atoms with Crippen LogP contribution < -0.4 is 5.32 Å². The summed E-state index contributed by atoms with van der Waals surface area (Å²) in [6, 6.07) is 0. The molecule has 0 saturated heterocycles. The largest absolute Gasteiger partial charge is 0.343 e. The number of rotatable bonds is 9. The summed E-state index contributed by atoms with van der Waals surface area (Å²) in [5.41, 5.74) is 0. The molecule has 1 N–H and O–H groups in total. The van der Waals surface area contributed by atoms with Gasteiger partial charge < -0.3 is 10.2 Å².